The molecule has 20 heavy (non-hydrogen) atoms. The number of rotatable bonds is 5. The van der Waals surface area contributed by atoms with Gasteiger partial charge in [-0.1, -0.05) is 6.07 Å². The number of nitrogens with two attached hydrogens (primary N) is 1. The molecule has 2 rings (SSSR count). The molecular weight excluding hydrogens is 274 g/mol. The van der Waals surface area contributed by atoms with Crippen molar-refractivity contribution < 1.29 is 9.90 Å². The van der Waals surface area contributed by atoms with Gasteiger partial charge < -0.3 is 15.7 Å². The maximum absolute atomic E-state index is 11.0. The van der Waals surface area contributed by atoms with E-state index in [2.05, 4.69) is 18.0 Å². The average molecular weight is 291 g/mol. The number of nitrogens with zero attached hydrogens (tertiary/aromatic N) is 2. The zero-order valence-electron chi connectivity index (χ0n) is 11.4. The summed E-state index contributed by atoms with van der Waals surface area (Å²) in [6.45, 7) is 2.06. The van der Waals surface area contributed by atoms with E-state index in [0.29, 0.717) is 11.5 Å². The fourth-order valence-electron chi connectivity index (χ4n) is 1.93. The van der Waals surface area contributed by atoms with Gasteiger partial charge in [-0.25, -0.2) is 9.78 Å². The summed E-state index contributed by atoms with van der Waals surface area (Å²) in [5.74, 6) is -0.542. The van der Waals surface area contributed by atoms with Gasteiger partial charge in [0.05, 0.1) is 5.69 Å². The summed E-state index contributed by atoms with van der Waals surface area (Å²) in [4.78, 5) is 18.3. The van der Waals surface area contributed by atoms with Crippen LogP contribution >= 0.6 is 11.3 Å². The van der Waals surface area contributed by atoms with Crippen LogP contribution in [0.1, 0.15) is 22.3 Å². The lowest BCUT2D eigenvalue weighted by Crippen LogP contribution is -2.32. The van der Waals surface area contributed by atoms with Crippen LogP contribution < -0.4 is 10.6 Å². The highest BCUT2D eigenvalue weighted by molar-refractivity contribution is 7.09. The maximum Gasteiger partial charge on any atom is 0.354 e. The predicted molar refractivity (Wildman–Crippen MR) is 81.5 cm³/mol. The second kappa shape index (κ2) is 5.92. The lowest BCUT2D eigenvalue weighted by molar-refractivity contribution is 0.0690. The average Bonchev–Trinajstić information content (AvgIpc) is 2.91. The highest BCUT2D eigenvalue weighted by Crippen LogP contribution is 2.23. The van der Waals surface area contributed by atoms with E-state index in [4.69, 9.17) is 10.8 Å². The van der Waals surface area contributed by atoms with Crippen molar-refractivity contribution in [3.05, 3.63) is 40.2 Å². The Hall–Kier alpha value is -2.08. The van der Waals surface area contributed by atoms with E-state index in [1.165, 1.54) is 10.9 Å². The molecule has 0 saturated carbocycles. The van der Waals surface area contributed by atoms with Crippen molar-refractivity contribution >= 4 is 28.8 Å². The lowest BCUT2D eigenvalue weighted by atomic mass is 10.2. The van der Waals surface area contributed by atoms with Crippen LogP contribution in [0.2, 0.25) is 0 Å². The summed E-state index contributed by atoms with van der Waals surface area (Å²) in [5.41, 5.74) is 6.39. The Labute approximate surface area is 121 Å². The molecule has 0 saturated heterocycles. The third kappa shape index (κ3) is 3.08. The monoisotopic (exact) mass is 291 g/mol. The summed E-state index contributed by atoms with van der Waals surface area (Å²) in [7, 11) is 1.88. The highest BCUT2D eigenvalue weighted by Gasteiger charge is 2.17. The van der Waals surface area contributed by atoms with Crippen molar-refractivity contribution in [2.75, 3.05) is 17.7 Å². The van der Waals surface area contributed by atoms with Gasteiger partial charge in [0.1, 0.15) is 0 Å². The van der Waals surface area contributed by atoms with Gasteiger partial charge in [-0.15, -0.1) is 11.3 Å². The molecular formula is C14H17N3O2S. The standard InChI is InChI=1S/C14H17N3O2S/c1-9(8-10-4-3-7-20-10)17(2)13-11(15)5-6-12(16-13)14(18)19/h3-7,9H,8,15H2,1-2H3,(H,18,19). The molecule has 2 aromatic heterocycles. The Morgan fingerprint density at radius 1 is 1.50 bits per heavy atom. The van der Waals surface area contributed by atoms with E-state index in [-0.39, 0.29) is 11.7 Å². The van der Waals surface area contributed by atoms with E-state index in [9.17, 15) is 4.79 Å². The van der Waals surface area contributed by atoms with Crippen LogP contribution in [0.4, 0.5) is 11.5 Å². The Kier molecular flexibility index (Phi) is 4.24. The first-order valence-corrected chi connectivity index (χ1v) is 7.12. The van der Waals surface area contributed by atoms with Crippen molar-refractivity contribution in [2.24, 2.45) is 0 Å². The van der Waals surface area contributed by atoms with Gasteiger partial charge in [0.2, 0.25) is 0 Å². The van der Waals surface area contributed by atoms with Gasteiger partial charge in [0.25, 0.3) is 0 Å². The predicted octanol–water partition coefficient (Wildman–Crippen LogP) is 2.49. The lowest BCUT2D eigenvalue weighted by Gasteiger charge is -2.27. The fourth-order valence-corrected chi connectivity index (χ4v) is 2.75. The molecule has 0 radical (unpaired) electrons. The minimum Gasteiger partial charge on any atom is -0.477 e. The summed E-state index contributed by atoms with van der Waals surface area (Å²) >= 11 is 1.70. The number of anilines is 2. The first kappa shape index (κ1) is 14.3. The van der Waals surface area contributed by atoms with Crippen LogP contribution in [0, 0.1) is 0 Å². The molecule has 0 aliphatic rings. The number of pyridine rings is 1. The molecule has 0 aliphatic carbocycles. The number of aromatic nitrogens is 1. The number of carbonyl (C=O) groups is 1. The number of likely N-dealkylation sites (N-methyl/N-ethyl adjacent to an activating group) is 1. The summed E-state index contributed by atoms with van der Waals surface area (Å²) < 4.78 is 0. The van der Waals surface area contributed by atoms with Crippen LogP contribution in [0.5, 0.6) is 0 Å². The molecule has 0 amide bonds. The number of nitrogen functional groups attached to an aromatic ring is 1. The van der Waals surface area contributed by atoms with E-state index < -0.39 is 5.97 Å². The minimum absolute atomic E-state index is 0.00405. The third-order valence-electron chi connectivity index (χ3n) is 3.20. The van der Waals surface area contributed by atoms with Gasteiger partial charge in [-0.2, -0.15) is 0 Å². The highest BCUT2D eigenvalue weighted by atomic mass is 32.1. The molecule has 1 atom stereocenters. The first-order valence-electron chi connectivity index (χ1n) is 6.24. The quantitative estimate of drug-likeness (QED) is 0.884. The normalized spacial score (nSPS) is 12.1. The van der Waals surface area contributed by atoms with Crippen LogP contribution in [-0.4, -0.2) is 29.1 Å². The molecule has 2 aromatic rings. The van der Waals surface area contributed by atoms with Crippen molar-refractivity contribution in [2.45, 2.75) is 19.4 Å². The summed E-state index contributed by atoms with van der Waals surface area (Å²) in [6.07, 6.45) is 0.868. The summed E-state index contributed by atoms with van der Waals surface area (Å²) in [6, 6.07) is 7.27. The van der Waals surface area contributed by atoms with Crippen molar-refractivity contribution in [3.8, 4) is 0 Å². The molecule has 0 spiro atoms. The van der Waals surface area contributed by atoms with Gasteiger partial charge >= 0.3 is 5.97 Å². The Morgan fingerprint density at radius 2 is 2.25 bits per heavy atom. The number of hydrogen-bond donors (Lipinski definition) is 2. The van der Waals surface area contributed by atoms with Gasteiger partial charge in [-0.3, -0.25) is 0 Å². The summed E-state index contributed by atoms with van der Waals surface area (Å²) in [5, 5.41) is 11.0. The maximum atomic E-state index is 11.0. The van der Waals surface area contributed by atoms with Crippen LogP contribution in [0.3, 0.4) is 0 Å². The molecule has 6 heteroatoms. The SMILES string of the molecule is CC(Cc1cccs1)N(C)c1nc(C(=O)O)ccc1N. The second-order valence-corrected chi connectivity index (χ2v) is 5.69. The van der Waals surface area contributed by atoms with Crippen molar-refractivity contribution in [1.29, 1.82) is 0 Å². The molecule has 106 valence electrons. The first-order chi connectivity index (χ1) is 9.49. The number of hydrogen-bond acceptors (Lipinski definition) is 5. The third-order valence-corrected chi connectivity index (χ3v) is 4.10. The minimum atomic E-state index is -1.05. The smallest absolute Gasteiger partial charge is 0.354 e. The Morgan fingerprint density at radius 3 is 2.85 bits per heavy atom. The molecule has 0 aliphatic heterocycles. The molecule has 2 heterocycles. The van der Waals surface area contributed by atoms with E-state index in [0.717, 1.165) is 6.42 Å². The molecule has 0 bridgehead atoms. The molecule has 5 nitrogen and oxygen atoms in total. The van der Waals surface area contributed by atoms with Gasteiger partial charge in [0, 0.05) is 24.4 Å². The fraction of sp³-hybridized carbons (Fsp3) is 0.286. The largest absolute Gasteiger partial charge is 0.477 e. The Balaban J connectivity index is 2.21. The van der Waals surface area contributed by atoms with Crippen molar-refractivity contribution in [3.63, 3.8) is 0 Å². The molecule has 0 fully saturated rings. The zero-order chi connectivity index (χ0) is 14.7. The van der Waals surface area contributed by atoms with Gasteiger partial charge in [0.15, 0.2) is 11.5 Å². The van der Waals surface area contributed by atoms with Crippen molar-refractivity contribution in [1.82, 2.24) is 4.98 Å². The number of carboxylic acid groups (broad SMARTS) is 1. The Bertz CT molecular complexity index is 598. The molecule has 1 unspecified atom stereocenters. The van der Waals surface area contributed by atoms with Crippen LogP contribution in [0.15, 0.2) is 29.6 Å². The zero-order valence-corrected chi connectivity index (χ0v) is 12.2. The topological polar surface area (TPSA) is 79.5 Å². The molecule has 0 aromatic carbocycles. The van der Waals surface area contributed by atoms with Crippen LogP contribution in [-0.2, 0) is 6.42 Å². The second-order valence-electron chi connectivity index (χ2n) is 4.66. The number of carboxylic acids is 1. The van der Waals surface area contributed by atoms with Crippen LogP contribution in [0.25, 0.3) is 0 Å². The van der Waals surface area contributed by atoms with Gasteiger partial charge in [-0.05, 0) is 30.5 Å². The van der Waals surface area contributed by atoms with E-state index in [1.807, 2.05) is 23.4 Å². The van der Waals surface area contributed by atoms with E-state index in [1.54, 1.807) is 17.4 Å². The number of thiophene rings is 1. The number of aromatic carboxylic acids is 1. The molecule has 3 N–H and O–H groups in total. The van der Waals surface area contributed by atoms with E-state index >= 15 is 0 Å².